The lowest BCUT2D eigenvalue weighted by Crippen LogP contribution is -2.05. The number of ether oxygens (including phenoxy) is 1. The highest BCUT2D eigenvalue weighted by Gasteiger charge is 2.13. The molecule has 4 heteroatoms. The van der Waals surface area contributed by atoms with Gasteiger partial charge in [-0.25, -0.2) is 4.98 Å². The normalized spacial score (nSPS) is 11.4. The molecule has 4 aromatic rings. The van der Waals surface area contributed by atoms with Gasteiger partial charge >= 0.3 is 0 Å². The van der Waals surface area contributed by atoms with Crippen molar-refractivity contribution >= 4 is 27.0 Å². The summed E-state index contributed by atoms with van der Waals surface area (Å²) >= 11 is 3.59. The van der Waals surface area contributed by atoms with Gasteiger partial charge in [0.2, 0.25) is 0 Å². The van der Waals surface area contributed by atoms with Crippen molar-refractivity contribution in [2.24, 2.45) is 0 Å². The van der Waals surface area contributed by atoms with Crippen molar-refractivity contribution in [2.75, 3.05) is 6.61 Å². The predicted octanol–water partition coefficient (Wildman–Crippen LogP) is 7.76. The highest BCUT2D eigenvalue weighted by Crippen LogP contribution is 2.29. The zero-order valence-corrected chi connectivity index (χ0v) is 20.0. The molecule has 0 atom stereocenters. The molecule has 4 rings (SSSR count). The molecule has 1 heterocycles. The number of aromatic nitrogens is 2. The summed E-state index contributed by atoms with van der Waals surface area (Å²) in [5.41, 5.74) is 5.86. The maximum atomic E-state index is 6.19. The van der Waals surface area contributed by atoms with Crippen molar-refractivity contribution in [2.45, 2.75) is 46.1 Å². The van der Waals surface area contributed by atoms with E-state index >= 15 is 0 Å². The number of nitrogens with zero attached hydrogens (tertiary/aromatic N) is 2. The number of unbranched alkanes of at least 4 members (excludes halogenated alkanes) is 1. The highest BCUT2D eigenvalue weighted by atomic mass is 79.9. The Morgan fingerprint density at radius 1 is 0.968 bits per heavy atom. The van der Waals surface area contributed by atoms with E-state index in [4.69, 9.17) is 9.72 Å². The van der Waals surface area contributed by atoms with Crippen LogP contribution in [0.15, 0.2) is 71.2 Å². The molecule has 0 fully saturated rings. The van der Waals surface area contributed by atoms with Crippen LogP contribution in [0, 0.1) is 6.92 Å². The van der Waals surface area contributed by atoms with E-state index in [9.17, 15) is 0 Å². The third-order valence-corrected chi connectivity index (χ3v) is 6.06. The van der Waals surface area contributed by atoms with Gasteiger partial charge < -0.3 is 9.30 Å². The minimum absolute atomic E-state index is 0.459. The van der Waals surface area contributed by atoms with Crippen LogP contribution in [0.25, 0.3) is 22.4 Å². The summed E-state index contributed by atoms with van der Waals surface area (Å²) in [7, 11) is 0. The summed E-state index contributed by atoms with van der Waals surface area (Å²) in [5.74, 6) is 2.50. The fourth-order valence-electron chi connectivity index (χ4n) is 3.95. The molecule has 0 unspecified atom stereocenters. The Morgan fingerprint density at radius 3 is 2.61 bits per heavy atom. The van der Waals surface area contributed by atoms with Gasteiger partial charge in [0.15, 0.2) is 0 Å². The Kier molecular flexibility index (Phi) is 6.77. The second-order valence-electron chi connectivity index (χ2n) is 8.34. The summed E-state index contributed by atoms with van der Waals surface area (Å²) in [6.45, 7) is 8.18. The average molecular weight is 477 g/mol. The Labute approximate surface area is 193 Å². The second-order valence-corrected chi connectivity index (χ2v) is 9.25. The van der Waals surface area contributed by atoms with Crippen molar-refractivity contribution in [1.82, 2.24) is 9.55 Å². The zero-order chi connectivity index (χ0) is 21.8. The number of halogens is 1. The molecule has 0 bridgehead atoms. The van der Waals surface area contributed by atoms with Crippen LogP contribution < -0.4 is 4.74 Å². The minimum atomic E-state index is 0.459. The maximum absolute atomic E-state index is 6.19. The second kappa shape index (κ2) is 9.69. The molecule has 0 amide bonds. The monoisotopic (exact) mass is 476 g/mol. The summed E-state index contributed by atoms with van der Waals surface area (Å²) in [5, 5.41) is 0. The quantitative estimate of drug-likeness (QED) is 0.243. The summed E-state index contributed by atoms with van der Waals surface area (Å²) in [4.78, 5) is 4.92. The molecule has 0 aliphatic carbocycles. The van der Waals surface area contributed by atoms with E-state index in [1.807, 2.05) is 12.1 Å². The van der Waals surface area contributed by atoms with Gasteiger partial charge in [0.1, 0.15) is 11.6 Å². The zero-order valence-electron chi connectivity index (χ0n) is 18.4. The van der Waals surface area contributed by atoms with Crippen LogP contribution in [0.3, 0.4) is 0 Å². The molecule has 0 saturated heterocycles. The first kappa shape index (κ1) is 21.6. The van der Waals surface area contributed by atoms with Gasteiger partial charge in [0, 0.05) is 16.6 Å². The van der Waals surface area contributed by atoms with Gasteiger partial charge in [-0.3, -0.25) is 0 Å². The van der Waals surface area contributed by atoms with E-state index in [1.54, 1.807) is 0 Å². The van der Waals surface area contributed by atoms with E-state index in [0.29, 0.717) is 5.92 Å². The van der Waals surface area contributed by atoms with E-state index < -0.39 is 0 Å². The lowest BCUT2D eigenvalue weighted by atomic mass is 10.0. The summed E-state index contributed by atoms with van der Waals surface area (Å²) in [6.07, 6.45) is 2.03. The molecule has 3 aromatic carbocycles. The molecule has 0 spiro atoms. The number of fused-ring (bicyclic) bond motifs is 1. The van der Waals surface area contributed by atoms with E-state index in [-0.39, 0.29) is 0 Å². The molecule has 0 aliphatic rings. The first-order chi connectivity index (χ1) is 15.0. The smallest absolute Gasteiger partial charge is 0.141 e. The first-order valence-corrected chi connectivity index (χ1v) is 11.8. The predicted molar refractivity (Wildman–Crippen MR) is 133 cm³/mol. The molecule has 3 nitrogen and oxygen atoms in total. The van der Waals surface area contributed by atoms with Crippen LogP contribution in [-0.2, 0) is 6.54 Å². The van der Waals surface area contributed by atoms with Crippen LogP contribution in [0.5, 0.6) is 5.75 Å². The van der Waals surface area contributed by atoms with Crippen molar-refractivity contribution < 1.29 is 4.74 Å². The highest BCUT2D eigenvalue weighted by molar-refractivity contribution is 9.10. The number of para-hydroxylation sites is 2. The number of benzene rings is 3. The fraction of sp³-hybridized carbons (Fsp3) is 0.296. The van der Waals surface area contributed by atoms with Gasteiger partial charge in [-0.15, -0.1) is 0 Å². The van der Waals surface area contributed by atoms with Crippen LogP contribution in [0.4, 0.5) is 0 Å². The van der Waals surface area contributed by atoms with Crippen molar-refractivity contribution in [3.8, 4) is 17.1 Å². The molecular weight excluding hydrogens is 448 g/mol. The Morgan fingerprint density at radius 2 is 1.81 bits per heavy atom. The Balaban J connectivity index is 1.46. The van der Waals surface area contributed by atoms with E-state index in [1.165, 1.54) is 16.6 Å². The van der Waals surface area contributed by atoms with Crippen molar-refractivity contribution in [3.05, 3.63) is 82.3 Å². The standard InChI is InChI=1S/C27H29BrN2O/c1-19(2)23-14-13-20(3)17-26(23)31-16-7-6-15-30-25-12-5-4-11-24(25)29-27(30)21-9-8-10-22(28)18-21/h4-5,8-14,17-19H,6-7,15-16H2,1-3H3. The number of hydrogen-bond acceptors (Lipinski definition) is 2. The lowest BCUT2D eigenvalue weighted by molar-refractivity contribution is 0.299. The number of rotatable bonds is 8. The Hall–Kier alpha value is -2.59. The molecule has 0 N–H and O–H groups in total. The topological polar surface area (TPSA) is 27.1 Å². The van der Waals surface area contributed by atoms with Crippen LogP contribution in [0.1, 0.15) is 43.7 Å². The first-order valence-electron chi connectivity index (χ1n) is 11.0. The third-order valence-electron chi connectivity index (χ3n) is 5.56. The minimum Gasteiger partial charge on any atom is -0.493 e. The van der Waals surface area contributed by atoms with Crippen LogP contribution >= 0.6 is 15.9 Å². The average Bonchev–Trinajstić information content (AvgIpc) is 3.12. The SMILES string of the molecule is Cc1ccc(C(C)C)c(OCCCCn2c(-c3cccc(Br)c3)nc3ccccc32)c1. The molecule has 0 aliphatic heterocycles. The van der Waals surface area contributed by atoms with Gasteiger partial charge in [-0.1, -0.05) is 66.2 Å². The van der Waals surface area contributed by atoms with Crippen LogP contribution in [0.2, 0.25) is 0 Å². The molecule has 0 saturated carbocycles. The lowest BCUT2D eigenvalue weighted by Gasteiger charge is -2.15. The van der Waals surface area contributed by atoms with Crippen LogP contribution in [-0.4, -0.2) is 16.2 Å². The van der Waals surface area contributed by atoms with Gasteiger partial charge in [0.05, 0.1) is 17.6 Å². The third kappa shape index (κ3) is 5.01. The van der Waals surface area contributed by atoms with Gasteiger partial charge in [-0.2, -0.15) is 0 Å². The molecule has 0 radical (unpaired) electrons. The van der Waals surface area contributed by atoms with Crippen molar-refractivity contribution in [1.29, 1.82) is 0 Å². The fourth-order valence-corrected chi connectivity index (χ4v) is 4.35. The van der Waals surface area contributed by atoms with E-state index in [0.717, 1.165) is 53.1 Å². The molecule has 31 heavy (non-hydrogen) atoms. The summed E-state index contributed by atoms with van der Waals surface area (Å²) < 4.78 is 9.59. The summed E-state index contributed by atoms with van der Waals surface area (Å²) in [6, 6.07) is 23.2. The number of aryl methyl sites for hydroxylation is 2. The maximum Gasteiger partial charge on any atom is 0.141 e. The molecular formula is C27H29BrN2O. The Bertz CT molecular complexity index is 1180. The van der Waals surface area contributed by atoms with Gasteiger partial charge in [-0.05, 0) is 67.1 Å². The number of imidazole rings is 1. The number of hydrogen-bond donors (Lipinski definition) is 0. The largest absolute Gasteiger partial charge is 0.493 e. The molecule has 1 aromatic heterocycles. The van der Waals surface area contributed by atoms with Gasteiger partial charge in [0.25, 0.3) is 0 Å². The van der Waals surface area contributed by atoms with E-state index in [2.05, 4.69) is 95.9 Å². The molecule has 160 valence electrons. The van der Waals surface area contributed by atoms with Crippen molar-refractivity contribution in [3.63, 3.8) is 0 Å².